The summed E-state index contributed by atoms with van der Waals surface area (Å²) in [6.45, 7) is 0.741. The van der Waals surface area contributed by atoms with E-state index in [0.717, 1.165) is 31.6 Å². The number of benzene rings is 1. The first-order chi connectivity index (χ1) is 11.1. The molecule has 1 unspecified atom stereocenters. The molecule has 23 heavy (non-hydrogen) atoms. The van der Waals surface area contributed by atoms with Crippen molar-refractivity contribution in [1.82, 2.24) is 14.9 Å². The van der Waals surface area contributed by atoms with Gasteiger partial charge in [0.1, 0.15) is 11.5 Å². The van der Waals surface area contributed by atoms with Gasteiger partial charge in [0.2, 0.25) is 0 Å². The number of hydrogen-bond acceptors (Lipinski definition) is 3. The van der Waals surface area contributed by atoms with Crippen molar-refractivity contribution in [2.75, 3.05) is 0 Å². The lowest BCUT2D eigenvalue weighted by molar-refractivity contribution is -0.139. The van der Waals surface area contributed by atoms with Gasteiger partial charge in [-0.05, 0) is 24.5 Å². The molecule has 0 aliphatic carbocycles. The smallest absolute Gasteiger partial charge is 0.330 e. The van der Waals surface area contributed by atoms with Crippen LogP contribution in [0, 0.1) is 0 Å². The van der Waals surface area contributed by atoms with Gasteiger partial charge < -0.3 is 15.0 Å². The van der Waals surface area contributed by atoms with Gasteiger partial charge in [0.25, 0.3) is 5.91 Å². The predicted octanol–water partition coefficient (Wildman–Crippen LogP) is 2.54. The van der Waals surface area contributed by atoms with E-state index in [4.69, 9.17) is 0 Å². The number of imidazole rings is 1. The number of carboxylic acid groups (broad SMARTS) is 1. The van der Waals surface area contributed by atoms with Gasteiger partial charge in [-0.1, -0.05) is 34.1 Å². The highest BCUT2D eigenvalue weighted by atomic mass is 79.9. The van der Waals surface area contributed by atoms with E-state index in [1.54, 1.807) is 24.3 Å². The standard InChI is InChI=1S/C16H16BrN3O3/c17-11-6-2-1-5-10(11)14(16(22)23)19-15(21)12-9-18-13-7-3-4-8-20(12)13/h1-2,5-6,9,14H,3-4,7-8H2,(H,19,21)(H,22,23). The summed E-state index contributed by atoms with van der Waals surface area (Å²) in [4.78, 5) is 28.4. The summed E-state index contributed by atoms with van der Waals surface area (Å²) < 4.78 is 2.51. The van der Waals surface area contributed by atoms with Gasteiger partial charge in [-0.2, -0.15) is 0 Å². The maximum Gasteiger partial charge on any atom is 0.330 e. The van der Waals surface area contributed by atoms with Gasteiger partial charge in [-0.15, -0.1) is 0 Å². The van der Waals surface area contributed by atoms with Crippen LogP contribution in [-0.4, -0.2) is 26.5 Å². The Morgan fingerprint density at radius 3 is 2.83 bits per heavy atom. The summed E-state index contributed by atoms with van der Waals surface area (Å²) in [7, 11) is 0. The van der Waals surface area contributed by atoms with Gasteiger partial charge in [-0.3, -0.25) is 4.79 Å². The third kappa shape index (κ3) is 3.14. The van der Waals surface area contributed by atoms with Gasteiger partial charge >= 0.3 is 5.97 Å². The molecule has 120 valence electrons. The number of carbonyl (C=O) groups is 2. The molecule has 2 heterocycles. The number of rotatable bonds is 4. The molecule has 1 atom stereocenters. The lowest BCUT2D eigenvalue weighted by atomic mass is 10.1. The predicted molar refractivity (Wildman–Crippen MR) is 87.2 cm³/mol. The topological polar surface area (TPSA) is 84.2 Å². The first-order valence-electron chi connectivity index (χ1n) is 7.40. The molecule has 0 saturated heterocycles. The highest BCUT2D eigenvalue weighted by Gasteiger charge is 2.27. The van der Waals surface area contributed by atoms with E-state index in [-0.39, 0.29) is 0 Å². The Morgan fingerprint density at radius 1 is 1.30 bits per heavy atom. The molecule has 0 fully saturated rings. The third-order valence-electron chi connectivity index (χ3n) is 3.94. The minimum atomic E-state index is -1.12. The van der Waals surface area contributed by atoms with Crippen LogP contribution in [0.15, 0.2) is 34.9 Å². The van der Waals surface area contributed by atoms with Crippen LogP contribution in [0.1, 0.15) is 40.8 Å². The molecule has 1 aromatic carbocycles. The second-order valence-electron chi connectivity index (χ2n) is 5.43. The van der Waals surface area contributed by atoms with E-state index in [9.17, 15) is 14.7 Å². The van der Waals surface area contributed by atoms with E-state index < -0.39 is 17.9 Å². The third-order valence-corrected chi connectivity index (χ3v) is 4.66. The molecule has 3 rings (SSSR count). The zero-order valence-corrected chi connectivity index (χ0v) is 13.9. The van der Waals surface area contributed by atoms with E-state index in [0.29, 0.717) is 15.7 Å². The van der Waals surface area contributed by atoms with Crippen molar-refractivity contribution < 1.29 is 14.7 Å². The molecule has 1 aliphatic rings. The maximum atomic E-state index is 12.5. The molecule has 2 aromatic rings. The molecule has 2 N–H and O–H groups in total. The van der Waals surface area contributed by atoms with Crippen LogP contribution in [0.4, 0.5) is 0 Å². The fraction of sp³-hybridized carbons (Fsp3) is 0.312. The fourth-order valence-corrected chi connectivity index (χ4v) is 3.30. The average Bonchev–Trinajstić information content (AvgIpc) is 2.97. The van der Waals surface area contributed by atoms with Gasteiger partial charge in [0.15, 0.2) is 6.04 Å². The highest BCUT2D eigenvalue weighted by molar-refractivity contribution is 9.10. The summed E-state index contributed by atoms with van der Waals surface area (Å²) in [5.74, 6) is -0.647. The molecular weight excluding hydrogens is 362 g/mol. The summed E-state index contributed by atoms with van der Waals surface area (Å²) >= 11 is 3.33. The summed E-state index contributed by atoms with van der Waals surface area (Å²) in [6.07, 6.45) is 4.43. The van der Waals surface area contributed by atoms with Crippen LogP contribution >= 0.6 is 15.9 Å². The van der Waals surface area contributed by atoms with E-state index in [2.05, 4.69) is 26.2 Å². The molecule has 1 aliphatic heterocycles. The number of aliphatic carboxylic acids is 1. The number of nitrogens with zero attached hydrogens (tertiary/aromatic N) is 2. The number of aryl methyl sites for hydroxylation is 1. The highest BCUT2D eigenvalue weighted by Crippen LogP contribution is 2.24. The molecule has 6 nitrogen and oxygen atoms in total. The Bertz CT molecular complexity index is 757. The van der Waals surface area contributed by atoms with Crippen LogP contribution in [0.5, 0.6) is 0 Å². The molecule has 0 bridgehead atoms. The lowest BCUT2D eigenvalue weighted by Gasteiger charge is -2.19. The monoisotopic (exact) mass is 377 g/mol. The summed E-state index contributed by atoms with van der Waals surface area (Å²) in [5, 5.41) is 12.1. The molecule has 7 heteroatoms. The molecule has 0 radical (unpaired) electrons. The Morgan fingerprint density at radius 2 is 2.09 bits per heavy atom. The molecule has 0 spiro atoms. The van der Waals surface area contributed by atoms with Crippen molar-refractivity contribution in [2.24, 2.45) is 0 Å². The molecule has 0 saturated carbocycles. The summed E-state index contributed by atoms with van der Waals surface area (Å²) in [5.41, 5.74) is 0.921. The Labute approximate surface area is 141 Å². The number of fused-ring (bicyclic) bond motifs is 1. The maximum absolute atomic E-state index is 12.5. The van der Waals surface area contributed by atoms with Crippen LogP contribution < -0.4 is 5.32 Å². The van der Waals surface area contributed by atoms with Gasteiger partial charge in [-0.25, -0.2) is 9.78 Å². The number of hydrogen-bond donors (Lipinski definition) is 2. The fourth-order valence-electron chi connectivity index (χ4n) is 2.78. The van der Waals surface area contributed by atoms with Crippen molar-refractivity contribution in [3.05, 3.63) is 52.0 Å². The van der Waals surface area contributed by atoms with Gasteiger partial charge in [0.05, 0.1) is 6.20 Å². The second kappa shape index (κ2) is 6.54. The van der Waals surface area contributed by atoms with E-state index in [1.165, 1.54) is 6.20 Å². The number of amides is 1. The number of halogens is 1. The Kier molecular flexibility index (Phi) is 4.47. The Hall–Kier alpha value is -2.15. The largest absolute Gasteiger partial charge is 0.479 e. The minimum absolute atomic E-state index is 0.415. The molecular formula is C16H16BrN3O3. The van der Waals surface area contributed by atoms with Crippen molar-refractivity contribution in [1.29, 1.82) is 0 Å². The lowest BCUT2D eigenvalue weighted by Crippen LogP contribution is -2.35. The number of carboxylic acids is 1. The van der Waals surface area contributed by atoms with Crippen molar-refractivity contribution in [3.63, 3.8) is 0 Å². The van der Waals surface area contributed by atoms with E-state index in [1.807, 2.05) is 4.57 Å². The summed E-state index contributed by atoms with van der Waals surface area (Å²) in [6, 6.07) is 5.84. The van der Waals surface area contributed by atoms with Crippen molar-refractivity contribution >= 4 is 27.8 Å². The van der Waals surface area contributed by atoms with Crippen LogP contribution in [0.25, 0.3) is 0 Å². The number of nitrogens with one attached hydrogen (secondary N) is 1. The quantitative estimate of drug-likeness (QED) is 0.857. The van der Waals surface area contributed by atoms with Crippen molar-refractivity contribution in [3.8, 4) is 0 Å². The zero-order valence-electron chi connectivity index (χ0n) is 12.3. The normalized spacial score (nSPS) is 14.8. The average molecular weight is 378 g/mol. The van der Waals surface area contributed by atoms with Crippen LogP contribution in [0.3, 0.4) is 0 Å². The SMILES string of the molecule is O=C(NC(C(=O)O)c1ccccc1Br)c1cnc2n1CCCC2. The van der Waals surface area contributed by atoms with Crippen LogP contribution in [-0.2, 0) is 17.8 Å². The van der Waals surface area contributed by atoms with Gasteiger partial charge in [0, 0.05) is 17.4 Å². The number of aromatic nitrogens is 2. The van der Waals surface area contributed by atoms with Crippen LogP contribution in [0.2, 0.25) is 0 Å². The molecule has 1 aromatic heterocycles. The van der Waals surface area contributed by atoms with E-state index >= 15 is 0 Å². The minimum Gasteiger partial charge on any atom is -0.479 e. The molecule has 1 amide bonds. The van der Waals surface area contributed by atoms with Crippen molar-refractivity contribution in [2.45, 2.75) is 31.8 Å². The zero-order chi connectivity index (χ0) is 16.4. The first-order valence-corrected chi connectivity index (χ1v) is 8.19. The second-order valence-corrected chi connectivity index (χ2v) is 6.29. The first kappa shape index (κ1) is 15.7. The Balaban J connectivity index is 1.86. The number of carbonyl (C=O) groups excluding carboxylic acids is 1.